The third kappa shape index (κ3) is 2.34. The van der Waals surface area contributed by atoms with Gasteiger partial charge >= 0.3 is 0 Å². The Hall–Kier alpha value is -1.55. The Bertz CT molecular complexity index is 447. The maximum absolute atomic E-state index is 12.3. The number of nitrogen functional groups attached to an aromatic ring is 1. The van der Waals surface area contributed by atoms with Gasteiger partial charge in [-0.1, -0.05) is 6.92 Å². The lowest BCUT2D eigenvalue weighted by atomic mass is 9.74. The fraction of sp³-hybridized carbons (Fsp3) is 0.500. The van der Waals surface area contributed by atoms with Gasteiger partial charge in [-0.15, -0.1) is 0 Å². The number of benzene rings is 1. The normalized spacial score (nSPS) is 16.8. The number of aryl methyl sites for hydroxylation is 1. The zero-order valence-corrected chi connectivity index (χ0v) is 11.0. The van der Waals surface area contributed by atoms with E-state index in [9.17, 15) is 4.79 Å². The van der Waals surface area contributed by atoms with E-state index in [1.165, 1.54) is 6.42 Å². The van der Waals surface area contributed by atoms with Crippen molar-refractivity contribution in [2.24, 2.45) is 5.84 Å². The minimum Gasteiger partial charge on any atom is -0.347 e. The van der Waals surface area contributed by atoms with Gasteiger partial charge in [-0.3, -0.25) is 10.6 Å². The molecule has 0 unspecified atom stereocenters. The summed E-state index contributed by atoms with van der Waals surface area (Å²) in [5.41, 5.74) is 5.11. The van der Waals surface area contributed by atoms with Crippen LogP contribution in [0.4, 0.5) is 5.69 Å². The summed E-state index contributed by atoms with van der Waals surface area (Å²) < 4.78 is 0. The fourth-order valence-corrected chi connectivity index (χ4v) is 2.49. The first-order valence-electron chi connectivity index (χ1n) is 6.50. The highest BCUT2D eigenvalue weighted by Crippen LogP contribution is 2.35. The molecule has 0 aliphatic heterocycles. The molecule has 0 radical (unpaired) electrons. The second-order valence-electron chi connectivity index (χ2n) is 5.12. The molecule has 1 amide bonds. The summed E-state index contributed by atoms with van der Waals surface area (Å²) in [5, 5.41) is 3.18. The number of hydrogen-bond donors (Lipinski definition) is 3. The molecule has 4 heteroatoms. The first kappa shape index (κ1) is 12.9. The van der Waals surface area contributed by atoms with Crippen LogP contribution in [0.15, 0.2) is 18.2 Å². The highest BCUT2D eigenvalue weighted by Gasteiger charge is 2.36. The van der Waals surface area contributed by atoms with Gasteiger partial charge in [0.2, 0.25) is 0 Å². The number of hydrogen-bond acceptors (Lipinski definition) is 3. The Morgan fingerprint density at radius 2 is 2.17 bits per heavy atom. The van der Waals surface area contributed by atoms with E-state index in [-0.39, 0.29) is 11.4 Å². The van der Waals surface area contributed by atoms with Crippen molar-refractivity contribution < 1.29 is 4.79 Å². The van der Waals surface area contributed by atoms with E-state index >= 15 is 0 Å². The van der Waals surface area contributed by atoms with Gasteiger partial charge in [0.25, 0.3) is 5.91 Å². The summed E-state index contributed by atoms with van der Waals surface area (Å²) in [5.74, 6) is 5.37. The van der Waals surface area contributed by atoms with Gasteiger partial charge < -0.3 is 10.7 Å². The molecular weight excluding hydrogens is 226 g/mol. The molecule has 4 nitrogen and oxygen atoms in total. The topological polar surface area (TPSA) is 67.2 Å². The van der Waals surface area contributed by atoms with Crippen LogP contribution in [-0.4, -0.2) is 11.4 Å². The predicted octanol–water partition coefficient (Wildman–Crippen LogP) is 2.34. The van der Waals surface area contributed by atoms with Crippen molar-refractivity contribution in [2.75, 3.05) is 5.43 Å². The molecule has 0 aromatic heterocycles. The molecule has 0 saturated heterocycles. The molecule has 0 heterocycles. The van der Waals surface area contributed by atoms with Crippen molar-refractivity contribution in [2.45, 2.75) is 45.1 Å². The summed E-state index contributed by atoms with van der Waals surface area (Å²) >= 11 is 0. The van der Waals surface area contributed by atoms with Crippen molar-refractivity contribution in [3.63, 3.8) is 0 Å². The molecule has 1 aromatic carbocycles. The van der Waals surface area contributed by atoms with E-state index in [0.29, 0.717) is 0 Å². The minimum atomic E-state index is 0.0256. The van der Waals surface area contributed by atoms with E-state index in [1.54, 1.807) is 0 Å². The Morgan fingerprint density at radius 3 is 2.61 bits per heavy atom. The van der Waals surface area contributed by atoms with E-state index in [4.69, 9.17) is 5.84 Å². The second-order valence-corrected chi connectivity index (χ2v) is 5.12. The van der Waals surface area contributed by atoms with E-state index in [2.05, 4.69) is 17.7 Å². The summed E-state index contributed by atoms with van der Waals surface area (Å²) in [7, 11) is 0. The average molecular weight is 247 g/mol. The SMILES string of the molecule is CCC1(NC(=O)c2ccc(NN)cc2C)CCC1. The van der Waals surface area contributed by atoms with Crippen LogP contribution < -0.4 is 16.6 Å². The number of nitrogens with one attached hydrogen (secondary N) is 2. The van der Waals surface area contributed by atoms with Gasteiger partial charge in [0.1, 0.15) is 0 Å². The smallest absolute Gasteiger partial charge is 0.251 e. The number of carbonyl (C=O) groups excluding carboxylic acids is 1. The Kier molecular flexibility index (Phi) is 3.57. The van der Waals surface area contributed by atoms with Crippen LogP contribution in [0.1, 0.15) is 48.5 Å². The molecule has 0 spiro atoms. The molecule has 18 heavy (non-hydrogen) atoms. The van der Waals surface area contributed by atoms with Crippen LogP contribution in [0.2, 0.25) is 0 Å². The van der Waals surface area contributed by atoms with Crippen LogP contribution in [0.3, 0.4) is 0 Å². The number of hydrazine groups is 1. The van der Waals surface area contributed by atoms with Crippen molar-refractivity contribution in [1.82, 2.24) is 5.32 Å². The summed E-state index contributed by atoms with van der Waals surface area (Å²) in [6.45, 7) is 4.06. The molecular formula is C14H21N3O. The lowest BCUT2D eigenvalue weighted by Crippen LogP contribution is -2.53. The van der Waals surface area contributed by atoms with Crippen LogP contribution in [0.5, 0.6) is 0 Å². The number of nitrogens with two attached hydrogens (primary N) is 1. The highest BCUT2D eigenvalue weighted by atomic mass is 16.1. The lowest BCUT2D eigenvalue weighted by Gasteiger charge is -2.42. The predicted molar refractivity (Wildman–Crippen MR) is 73.3 cm³/mol. The molecule has 2 rings (SSSR count). The van der Waals surface area contributed by atoms with Crippen LogP contribution in [-0.2, 0) is 0 Å². The van der Waals surface area contributed by atoms with Crippen LogP contribution >= 0.6 is 0 Å². The third-order valence-corrected chi connectivity index (χ3v) is 4.00. The fourth-order valence-electron chi connectivity index (χ4n) is 2.49. The highest BCUT2D eigenvalue weighted by molar-refractivity contribution is 5.96. The van der Waals surface area contributed by atoms with E-state index in [0.717, 1.165) is 36.1 Å². The molecule has 1 aromatic rings. The Morgan fingerprint density at radius 1 is 1.44 bits per heavy atom. The van der Waals surface area contributed by atoms with Gasteiger partial charge in [-0.05, 0) is 56.4 Å². The Balaban J connectivity index is 2.14. The van der Waals surface area contributed by atoms with Crippen molar-refractivity contribution in [3.05, 3.63) is 29.3 Å². The molecule has 1 aliphatic rings. The quantitative estimate of drug-likeness (QED) is 0.565. The molecule has 1 aliphatic carbocycles. The van der Waals surface area contributed by atoms with E-state index < -0.39 is 0 Å². The molecule has 0 atom stereocenters. The monoisotopic (exact) mass is 247 g/mol. The molecule has 1 fully saturated rings. The first-order chi connectivity index (χ1) is 8.60. The van der Waals surface area contributed by atoms with Gasteiger partial charge in [0.05, 0.1) is 0 Å². The van der Waals surface area contributed by atoms with Crippen molar-refractivity contribution in [3.8, 4) is 0 Å². The minimum absolute atomic E-state index is 0.0256. The third-order valence-electron chi connectivity index (χ3n) is 4.00. The lowest BCUT2D eigenvalue weighted by molar-refractivity contribution is 0.0820. The standard InChI is InChI=1S/C14H21N3O/c1-3-14(7-4-8-14)16-13(18)12-6-5-11(17-15)9-10(12)2/h5-6,9,17H,3-4,7-8,15H2,1-2H3,(H,16,18). The average Bonchev–Trinajstić information content (AvgIpc) is 2.33. The van der Waals surface area contributed by atoms with Crippen LogP contribution in [0, 0.1) is 6.92 Å². The number of rotatable bonds is 4. The number of amides is 1. The van der Waals surface area contributed by atoms with Gasteiger partial charge in [-0.25, -0.2) is 0 Å². The van der Waals surface area contributed by atoms with Gasteiger partial charge in [0.15, 0.2) is 0 Å². The zero-order valence-electron chi connectivity index (χ0n) is 11.0. The summed E-state index contributed by atoms with van der Waals surface area (Å²) in [6.07, 6.45) is 4.40. The first-order valence-corrected chi connectivity index (χ1v) is 6.50. The molecule has 98 valence electrons. The largest absolute Gasteiger partial charge is 0.347 e. The molecule has 0 bridgehead atoms. The maximum atomic E-state index is 12.3. The summed E-state index contributed by atoms with van der Waals surface area (Å²) in [6, 6.07) is 5.53. The maximum Gasteiger partial charge on any atom is 0.251 e. The van der Waals surface area contributed by atoms with Gasteiger partial charge in [0, 0.05) is 16.8 Å². The Labute approximate surface area is 108 Å². The van der Waals surface area contributed by atoms with Crippen molar-refractivity contribution >= 4 is 11.6 Å². The second kappa shape index (κ2) is 4.98. The number of anilines is 1. The number of carbonyl (C=O) groups is 1. The van der Waals surface area contributed by atoms with Crippen molar-refractivity contribution in [1.29, 1.82) is 0 Å². The zero-order chi connectivity index (χ0) is 13.2. The van der Waals surface area contributed by atoms with E-state index in [1.807, 2.05) is 25.1 Å². The summed E-state index contributed by atoms with van der Waals surface area (Å²) in [4.78, 5) is 12.3. The van der Waals surface area contributed by atoms with Gasteiger partial charge in [-0.2, -0.15) is 0 Å². The molecule has 1 saturated carbocycles. The molecule has 4 N–H and O–H groups in total. The van der Waals surface area contributed by atoms with Crippen LogP contribution in [0.25, 0.3) is 0 Å².